The van der Waals surface area contributed by atoms with Crippen LogP contribution < -0.4 is 4.90 Å². The van der Waals surface area contributed by atoms with E-state index in [0.29, 0.717) is 5.92 Å². The van der Waals surface area contributed by atoms with Crippen LogP contribution in [0.3, 0.4) is 0 Å². The average molecular weight is 247 g/mol. The highest BCUT2D eigenvalue weighted by Crippen LogP contribution is 2.32. The predicted octanol–water partition coefficient (Wildman–Crippen LogP) is 3.41. The van der Waals surface area contributed by atoms with Gasteiger partial charge in [0.05, 0.1) is 6.10 Å². The standard InChI is InChI=1S/C16H25NO/c1-12(2)13-5-7-14(8-6-13)17-10-9-16(3,4)15(18)11-17/h5-8,12,15,18H,9-11H2,1-4H3. The van der Waals surface area contributed by atoms with Crippen molar-refractivity contribution in [2.24, 2.45) is 5.41 Å². The van der Waals surface area contributed by atoms with E-state index in [2.05, 4.69) is 56.9 Å². The van der Waals surface area contributed by atoms with Gasteiger partial charge in [0.2, 0.25) is 0 Å². The molecule has 1 unspecified atom stereocenters. The van der Waals surface area contributed by atoms with Crippen LogP contribution in [0, 0.1) is 5.41 Å². The van der Waals surface area contributed by atoms with Crippen LogP contribution in [0.5, 0.6) is 0 Å². The predicted molar refractivity (Wildman–Crippen MR) is 77.1 cm³/mol. The quantitative estimate of drug-likeness (QED) is 0.865. The summed E-state index contributed by atoms with van der Waals surface area (Å²) in [4.78, 5) is 2.29. The lowest BCUT2D eigenvalue weighted by atomic mass is 9.80. The molecule has 0 bridgehead atoms. The molecule has 1 fully saturated rings. The van der Waals surface area contributed by atoms with Crippen LogP contribution in [0.15, 0.2) is 24.3 Å². The molecular formula is C16H25NO. The van der Waals surface area contributed by atoms with Crippen molar-refractivity contribution in [3.63, 3.8) is 0 Å². The van der Waals surface area contributed by atoms with Crippen molar-refractivity contribution >= 4 is 5.69 Å². The molecule has 1 N–H and O–H groups in total. The van der Waals surface area contributed by atoms with E-state index in [4.69, 9.17) is 0 Å². The fourth-order valence-corrected chi connectivity index (χ4v) is 2.44. The van der Waals surface area contributed by atoms with Crippen molar-refractivity contribution in [1.82, 2.24) is 0 Å². The fraction of sp³-hybridized carbons (Fsp3) is 0.625. The summed E-state index contributed by atoms with van der Waals surface area (Å²) in [5.41, 5.74) is 2.65. The molecule has 2 nitrogen and oxygen atoms in total. The van der Waals surface area contributed by atoms with Crippen LogP contribution in [0.4, 0.5) is 5.69 Å². The van der Waals surface area contributed by atoms with Crippen molar-refractivity contribution in [1.29, 1.82) is 0 Å². The molecule has 2 rings (SSSR count). The first-order valence-electron chi connectivity index (χ1n) is 6.93. The highest BCUT2D eigenvalue weighted by Gasteiger charge is 2.34. The monoisotopic (exact) mass is 247 g/mol. The van der Waals surface area contributed by atoms with Crippen molar-refractivity contribution in [2.45, 2.75) is 46.1 Å². The van der Waals surface area contributed by atoms with Crippen LogP contribution in [-0.4, -0.2) is 24.3 Å². The average Bonchev–Trinajstić information content (AvgIpc) is 2.33. The molecule has 1 atom stereocenters. The van der Waals surface area contributed by atoms with Gasteiger partial charge < -0.3 is 10.0 Å². The molecule has 1 aliphatic rings. The summed E-state index contributed by atoms with van der Waals surface area (Å²) in [5.74, 6) is 0.574. The molecule has 1 heterocycles. The van der Waals surface area contributed by atoms with Crippen molar-refractivity contribution < 1.29 is 5.11 Å². The minimum absolute atomic E-state index is 0.0500. The Balaban J connectivity index is 2.09. The third-order valence-electron chi connectivity index (χ3n) is 4.25. The van der Waals surface area contributed by atoms with Gasteiger partial charge in [-0.05, 0) is 35.4 Å². The number of aliphatic hydroxyl groups is 1. The molecule has 1 saturated heterocycles. The van der Waals surface area contributed by atoms with Crippen LogP contribution >= 0.6 is 0 Å². The lowest BCUT2D eigenvalue weighted by Crippen LogP contribution is -2.48. The Bertz CT molecular complexity index is 394. The van der Waals surface area contributed by atoms with Gasteiger partial charge in [-0.15, -0.1) is 0 Å². The van der Waals surface area contributed by atoms with Gasteiger partial charge in [0.15, 0.2) is 0 Å². The Kier molecular flexibility index (Phi) is 3.67. The van der Waals surface area contributed by atoms with Crippen LogP contribution in [0.1, 0.15) is 45.6 Å². The first-order valence-corrected chi connectivity index (χ1v) is 6.93. The largest absolute Gasteiger partial charge is 0.391 e. The Labute approximate surface area is 111 Å². The number of hydrogen-bond acceptors (Lipinski definition) is 2. The molecule has 1 aliphatic heterocycles. The Hall–Kier alpha value is -1.02. The molecule has 0 aliphatic carbocycles. The molecule has 18 heavy (non-hydrogen) atoms. The first kappa shape index (κ1) is 13.4. The summed E-state index contributed by atoms with van der Waals surface area (Å²) in [7, 11) is 0. The van der Waals surface area contributed by atoms with Gasteiger partial charge in [-0.2, -0.15) is 0 Å². The second-order valence-electron chi connectivity index (χ2n) is 6.45. The van der Waals surface area contributed by atoms with E-state index in [-0.39, 0.29) is 11.5 Å². The maximum absolute atomic E-state index is 10.2. The number of aliphatic hydroxyl groups excluding tert-OH is 1. The van der Waals surface area contributed by atoms with E-state index < -0.39 is 0 Å². The summed E-state index contributed by atoms with van der Waals surface area (Å²) in [5, 5.41) is 10.2. The number of rotatable bonds is 2. The molecule has 0 amide bonds. The van der Waals surface area contributed by atoms with E-state index in [1.807, 2.05) is 0 Å². The Morgan fingerprint density at radius 2 is 1.83 bits per heavy atom. The molecule has 100 valence electrons. The smallest absolute Gasteiger partial charge is 0.0766 e. The summed E-state index contributed by atoms with van der Waals surface area (Å²) < 4.78 is 0. The van der Waals surface area contributed by atoms with Gasteiger partial charge in [-0.25, -0.2) is 0 Å². The Morgan fingerprint density at radius 1 is 1.22 bits per heavy atom. The van der Waals surface area contributed by atoms with Gasteiger partial charge in [0.1, 0.15) is 0 Å². The molecule has 1 aromatic rings. The van der Waals surface area contributed by atoms with E-state index in [1.54, 1.807) is 0 Å². The molecule has 0 radical (unpaired) electrons. The van der Waals surface area contributed by atoms with Crippen LogP contribution in [-0.2, 0) is 0 Å². The highest BCUT2D eigenvalue weighted by molar-refractivity contribution is 5.48. The van der Waals surface area contributed by atoms with E-state index >= 15 is 0 Å². The second-order valence-corrected chi connectivity index (χ2v) is 6.45. The third-order valence-corrected chi connectivity index (χ3v) is 4.25. The zero-order valence-corrected chi connectivity index (χ0v) is 12.0. The van der Waals surface area contributed by atoms with E-state index in [9.17, 15) is 5.11 Å². The van der Waals surface area contributed by atoms with Gasteiger partial charge in [0.25, 0.3) is 0 Å². The number of anilines is 1. The summed E-state index contributed by atoms with van der Waals surface area (Å²) in [6.45, 7) is 10.5. The summed E-state index contributed by atoms with van der Waals surface area (Å²) >= 11 is 0. The van der Waals surface area contributed by atoms with Gasteiger partial charge in [0, 0.05) is 18.8 Å². The lowest BCUT2D eigenvalue weighted by molar-refractivity contribution is 0.0351. The molecule has 2 heteroatoms. The minimum Gasteiger partial charge on any atom is -0.391 e. The molecule has 0 spiro atoms. The Morgan fingerprint density at radius 3 is 2.33 bits per heavy atom. The molecule has 1 aromatic carbocycles. The van der Waals surface area contributed by atoms with Gasteiger partial charge >= 0.3 is 0 Å². The lowest BCUT2D eigenvalue weighted by Gasteiger charge is -2.42. The summed E-state index contributed by atoms with van der Waals surface area (Å²) in [6, 6.07) is 8.76. The third kappa shape index (κ3) is 2.69. The van der Waals surface area contributed by atoms with Crippen molar-refractivity contribution in [3.05, 3.63) is 29.8 Å². The number of piperidine rings is 1. The number of nitrogens with zero attached hydrogens (tertiary/aromatic N) is 1. The minimum atomic E-state index is -0.240. The van der Waals surface area contributed by atoms with Crippen LogP contribution in [0.25, 0.3) is 0 Å². The summed E-state index contributed by atoms with van der Waals surface area (Å²) in [6.07, 6.45) is 0.802. The van der Waals surface area contributed by atoms with Gasteiger partial charge in [-0.3, -0.25) is 0 Å². The topological polar surface area (TPSA) is 23.5 Å². The maximum atomic E-state index is 10.2. The fourth-order valence-electron chi connectivity index (χ4n) is 2.44. The number of β-amino-alcohol motifs (C(OH)–C–C–N with tert-alkyl or cyclic N) is 1. The molecular weight excluding hydrogens is 222 g/mol. The van der Waals surface area contributed by atoms with E-state index in [0.717, 1.165) is 19.5 Å². The maximum Gasteiger partial charge on any atom is 0.0766 e. The number of hydrogen-bond donors (Lipinski definition) is 1. The normalized spacial score (nSPS) is 23.4. The SMILES string of the molecule is CC(C)c1ccc(N2CCC(C)(C)C(O)C2)cc1. The van der Waals surface area contributed by atoms with Gasteiger partial charge in [-0.1, -0.05) is 39.8 Å². The number of benzene rings is 1. The highest BCUT2D eigenvalue weighted by atomic mass is 16.3. The zero-order chi connectivity index (χ0) is 13.3. The molecule has 0 aromatic heterocycles. The van der Waals surface area contributed by atoms with Crippen molar-refractivity contribution in [3.8, 4) is 0 Å². The van der Waals surface area contributed by atoms with E-state index in [1.165, 1.54) is 11.3 Å². The zero-order valence-electron chi connectivity index (χ0n) is 12.0. The molecule has 0 saturated carbocycles. The van der Waals surface area contributed by atoms with Crippen molar-refractivity contribution in [2.75, 3.05) is 18.0 Å². The first-order chi connectivity index (χ1) is 8.40. The van der Waals surface area contributed by atoms with Crippen LogP contribution in [0.2, 0.25) is 0 Å². The second kappa shape index (κ2) is 4.93.